The minimum atomic E-state index is -0.627. The van der Waals surface area contributed by atoms with Crippen LogP contribution in [0.2, 0.25) is 0 Å². The maximum atomic E-state index is 13.2. The van der Waals surface area contributed by atoms with Crippen molar-refractivity contribution < 1.29 is 14.7 Å². The number of aromatic nitrogens is 3. The molecule has 4 N–H and O–H groups in total. The number of anilines is 2. The van der Waals surface area contributed by atoms with Gasteiger partial charge in [0, 0.05) is 18.7 Å². The van der Waals surface area contributed by atoms with Gasteiger partial charge in [0.15, 0.2) is 5.69 Å². The van der Waals surface area contributed by atoms with Crippen LogP contribution in [0.5, 0.6) is 0 Å². The molecule has 0 aromatic carbocycles. The average molecular weight is 424 g/mol. The summed E-state index contributed by atoms with van der Waals surface area (Å²) in [4.78, 5) is 38.0. The van der Waals surface area contributed by atoms with Gasteiger partial charge in [-0.15, -0.1) is 0 Å². The molecule has 3 heterocycles. The van der Waals surface area contributed by atoms with Crippen molar-refractivity contribution in [3.05, 3.63) is 42.2 Å². The van der Waals surface area contributed by atoms with Gasteiger partial charge < -0.3 is 21.1 Å². The first kappa shape index (κ1) is 20.7. The highest BCUT2D eigenvalue weighted by atomic mass is 16.3. The second kappa shape index (κ2) is 9.04. The van der Waals surface area contributed by atoms with Crippen molar-refractivity contribution in [1.82, 2.24) is 30.6 Å². The fourth-order valence-electron chi connectivity index (χ4n) is 3.36. The lowest BCUT2D eigenvalue weighted by molar-refractivity contribution is -0.114. The lowest BCUT2D eigenvalue weighted by Crippen LogP contribution is -2.47. The standard InChI is InChI=1S/C20H24N8O3/c1-21-19(30)18-16(10-28(27-18)6-7-29)26-20(31)17-15(24-13-8-22-11-23-9-13)5-4-14(25-17)12-2-3-12/h4-5,8-9,11-12,16,24,29H,2-3,6-7,10H2,1H3,(H,21,30)(H,26,31). The molecule has 1 atom stereocenters. The van der Waals surface area contributed by atoms with Crippen LogP contribution in [0.4, 0.5) is 11.4 Å². The summed E-state index contributed by atoms with van der Waals surface area (Å²) >= 11 is 0. The molecule has 11 nitrogen and oxygen atoms in total. The van der Waals surface area contributed by atoms with Crippen molar-refractivity contribution in [1.29, 1.82) is 0 Å². The van der Waals surface area contributed by atoms with Gasteiger partial charge in [-0.3, -0.25) is 14.6 Å². The lowest BCUT2D eigenvalue weighted by Gasteiger charge is -2.18. The molecule has 0 radical (unpaired) electrons. The van der Waals surface area contributed by atoms with E-state index in [9.17, 15) is 14.7 Å². The van der Waals surface area contributed by atoms with E-state index in [-0.39, 0.29) is 37.0 Å². The Labute approximate surface area is 179 Å². The first-order valence-electron chi connectivity index (χ1n) is 10.1. The van der Waals surface area contributed by atoms with E-state index in [1.54, 1.807) is 17.4 Å². The Bertz CT molecular complexity index is 993. The van der Waals surface area contributed by atoms with E-state index in [2.05, 4.69) is 36.0 Å². The fourth-order valence-corrected chi connectivity index (χ4v) is 3.36. The Balaban J connectivity index is 1.58. The van der Waals surface area contributed by atoms with Gasteiger partial charge in [0.1, 0.15) is 12.0 Å². The van der Waals surface area contributed by atoms with Crippen LogP contribution in [0.15, 0.2) is 36.0 Å². The second-order valence-electron chi connectivity index (χ2n) is 7.39. The van der Waals surface area contributed by atoms with Crippen molar-refractivity contribution in [3.8, 4) is 0 Å². The Kier molecular flexibility index (Phi) is 6.03. The van der Waals surface area contributed by atoms with Crippen molar-refractivity contribution in [2.45, 2.75) is 24.8 Å². The third-order valence-corrected chi connectivity index (χ3v) is 5.06. The van der Waals surface area contributed by atoms with E-state index >= 15 is 0 Å². The summed E-state index contributed by atoms with van der Waals surface area (Å²) in [6, 6.07) is 3.11. The Hall–Kier alpha value is -3.60. The van der Waals surface area contributed by atoms with Crippen LogP contribution in [0.3, 0.4) is 0 Å². The van der Waals surface area contributed by atoms with E-state index in [0.717, 1.165) is 18.5 Å². The van der Waals surface area contributed by atoms with Gasteiger partial charge in [0.2, 0.25) is 0 Å². The Morgan fingerprint density at radius 1 is 1.19 bits per heavy atom. The quantitative estimate of drug-likeness (QED) is 0.463. The maximum absolute atomic E-state index is 13.2. The SMILES string of the molecule is CNC(=O)C1=NN(CCO)CC1NC(=O)c1nc(C2CC2)ccc1Nc1cncnc1. The molecule has 11 heteroatoms. The average Bonchev–Trinajstić information content (AvgIpc) is 3.56. The molecule has 0 saturated heterocycles. The van der Waals surface area contributed by atoms with Crippen LogP contribution in [-0.2, 0) is 4.79 Å². The number of hydrogen-bond acceptors (Lipinski definition) is 9. The summed E-state index contributed by atoms with van der Waals surface area (Å²) in [5.41, 5.74) is 2.42. The summed E-state index contributed by atoms with van der Waals surface area (Å²) in [5.74, 6) is -0.435. The molecule has 31 heavy (non-hydrogen) atoms. The Morgan fingerprint density at radius 2 is 1.97 bits per heavy atom. The van der Waals surface area contributed by atoms with E-state index in [1.807, 2.05) is 12.1 Å². The minimum absolute atomic E-state index is 0.108. The summed E-state index contributed by atoms with van der Waals surface area (Å²) in [6.45, 7) is 0.444. The van der Waals surface area contributed by atoms with Gasteiger partial charge in [-0.25, -0.2) is 15.0 Å². The van der Waals surface area contributed by atoms with Crippen molar-refractivity contribution in [2.24, 2.45) is 5.10 Å². The van der Waals surface area contributed by atoms with Crippen LogP contribution >= 0.6 is 0 Å². The number of carbonyl (C=O) groups excluding carboxylic acids is 2. The molecule has 1 fully saturated rings. The molecule has 162 valence electrons. The zero-order valence-electron chi connectivity index (χ0n) is 17.1. The molecular formula is C20H24N8O3. The van der Waals surface area contributed by atoms with Gasteiger partial charge in [-0.1, -0.05) is 0 Å². The summed E-state index contributed by atoms with van der Waals surface area (Å²) in [5, 5.41) is 23.5. The van der Waals surface area contributed by atoms with Crippen molar-refractivity contribution in [3.63, 3.8) is 0 Å². The molecule has 2 aromatic heterocycles. The molecule has 0 bridgehead atoms. The number of hydrazone groups is 1. The molecule has 4 rings (SSSR count). The number of nitrogens with zero attached hydrogens (tertiary/aromatic N) is 5. The molecule has 1 aliphatic carbocycles. The van der Waals surface area contributed by atoms with Crippen LogP contribution in [-0.4, -0.2) is 75.4 Å². The highest BCUT2D eigenvalue weighted by Gasteiger charge is 2.33. The number of aliphatic hydroxyl groups is 1. The van der Waals surface area contributed by atoms with E-state index in [0.29, 0.717) is 17.3 Å². The molecule has 0 spiro atoms. The van der Waals surface area contributed by atoms with Crippen LogP contribution in [0.1, 0.15) is 34.9 Å². The van der Waals surface area contributed by atoms with Gasteiger partial charge in [0.25, 0.3) is 11.8 Å². The molecule has 2 aromatic rings. The van der Waals surface area contributed by atoms with Gasteiger partial charge >= 0.3 is 0 Å². The molecule has 1 aliphatic heterocycles. The third-order valence-electron chi connectivity index (χ3n) is 5.06. The summed E-state index contributed by atoms with van der Waals surface area (Å²) < 4.78 is 0. The second-order valence-corrected chi connectivity index (χ2v) is 7.39. The number of hydrogen-bond donors (Lipinski definition) is 4. The number of nitrogens with one attached hydrogen (secondary N) is 3. The van der Waals surface area contributed by atoms with Gasteiger partial charge in [-0.05, 0) is 25.0 Å². The molecule has 2 aliphatic rings. The van der Waals surface area contributed by atoms with Crippen LogP contribution in [0.25, 0.3) is 0 Å². The zero-order valence-corrected chi connectivity index (χ0v) is 17.1. The number of pyridine rings is 1. The molecule has 1 unspecified atom stereocenters. The van der Waals surface area contributed by atoms with Crippen LogP contribution in [0, 0.1) is 0 Å². The van der Waals surface area contributed by atoms with Gasteiger partial charge in [-0.2, -0.15) is 5.10 Å². The first-order chi connectivity index (χ1) is 15.1. The lowest BCUT2D eigenvalue weighted by atomic mass is 10.1. The molecular weight excluding hydrogens is 400 g/mol. The predicted octanol–water partition coefficient (Wildman–Crippen LogP) is 0.000900. The monoisotopic (exact) mass is 424 g/mol. The third kappa shape index (κ3) is 4.77. The Morgan fingerprint density at radius 3 is 2.65 bits per heavy atom. The maximum Gasteiger partial charge on any atom is 0.272 e. The smallest absolute Gasteiger partial charge is 0.272 e. The highest BCUT2D eigenvalue weighted by molar-refractivity contribution is 6.41. The number of aliphatic hydroxyl groups excluding tert-OH is 1. The van der Waals surface area contributed by atoms with Crippen molar-refractivity contribution in [2.75, 3.05) is 32.1 Å². The summed E-state index contributed by atoms with van der Waals surface area (Å²) in [6.07, 6.45) is 6.73. The normalized spacial score (nSPS) is 17.8. The van der Waals surface area contributed by atoms with E-state index in [1.165, 1.54) is 13.4 Å². The molecule has 2 amide bonds. The number of β-amino-alcohol motifs (C(OH)–C–C–N with tert-alkyl or cyclic N) is 1. The molecule has 1 saturated carbocycles. The predicted molar refractivity (Wildman–Crippen MR) is 113 cm³/mol. The van der Waals surface area contributed by atoms with E-state index in [4.69, 9.17) is 0 Å². The fraction of sp³-hybridized carbons (Fsp3) is 0.400. The first-order valence-corrected chi connectivity index (χ1v) is 10.1. The van der Waals surface area contributed by atoms with Crippen molar-refractivity contribution >= 4 is 28.9 Å². The van der Waals surface area contributed by atoms with Gasteiger partial charge in [0.05, 0.1) is 49.5 Å². The largest absolute Gasteiger partial charge is 0.394 e. The number of rotatable bonds is 8. The minimum Gasteiger partial charge on any atom is -0.394 e. The summed E-state index contributed by atoms with van der Waals surface area (Å²) in [7, 11) is 1.50. The van der Waals surface area contributed by atoms with Crippen LogP contribution < -0.4 is 16.0 Å². The number of amides is 2. The van der Waals surface area contributed by atoms with E-state index < -0.39 is 11.9 Å². The number of carbonyl (C=O) groups is 2. The highest BCUT2D eigenvalue weighted by Crippen LogP contribution is 2.39. The topological polar surface area (TPSA) is 145 Å². The zero-order chi connectivity index (χ0) is 21.8.